The lowest BCUT2D eigenvalue weighted by molar-refractivity contribution is -0.115. The lowest BCUT2D eigenvalue weighted by Crippen LogP contribution is -2.44. The molecule has 1 atom stereocenters. The molecule has 3 rings (SSSR count). The number of carbonyl (C=O) groups excluding carboxylic acids is 1. The van der Waals surface area contributed by atoms with Gasteiger partial charge in [0.15, 0.2) is 0 Å². The van der Waals surface area contributed by atoms with Crippen molar-refractivity contribution in [3.05, 3.63) is 23.5 Å². The van der Waals surface area contributed by atoms with E-state index in [0.717, 1.165) is 12.8 Å². The smallest absolute Gasteiger partial charge is 0.399 e. The largest absolute Gasteiger partial charge is 0.494 e. The zero-order valence-electron chi connectivity index (χ0n) is 15.0. The molecule has 1 amide bonds. The molecule has 0 aliphatic carbocycles. The second-order valence-electron chi connectivity index (χ2n) is 8.00. The fourth-order valence-corrected chi connectivity index (χ4v) is 3.31. The molecule has 1 N–H and O–H groups in total. The van der Waals surface area contributed by atoms with Crippen LogP contribution in [-0.4, -0.2) is 24.2 Å². The van der Waals surface area contributed by atoms with Crippen molar-refractivity contribution in [3.63, 3.8) is 0 Å². The average Bonchev–Trinajstić information content (AvgIpc) is 2.95. The van der Waals surface area contributed by atoms with Gasteiger partial charge in [0, 0.05) is 0 Å². The lowest BCUT2D eigenvalue weighted by atomic mass is 9.78. The zero-order chi connectivity index (χ0) is 17.7. The van der Waals surface area contributed by atoms with Crippen LogP contribution < -0.4 is 10.8 Å². The van der Waals surface area contributed by atoms with Crippen molar-refractivity contribution in [3.8, 4) is 0 Å². The van der Waals surface area contributed by atoms with E-state index in [4.69, 9.17) is 9.31 Å². The van der Waals surface area contributed by atoms with Gasteiger partial charge in [-0.15, -0.1) is 0 Å². The number of hydrogen-bond acceptors (Lipinski definition) is 3. The van der Waals surface area contributed by atoms with Crippen molar-refractivity contribution in [2.45, 2.75) is 65.1 Å². The fraction of sp³-hybridized carbons (Fsp3) is 0.611. The van der Waals surface area contributed by atoms with Crippen molar-refractivity contribution in [2.24, 2.45) is 5.92 Å². The molecule has 130 valence electrons. The highest BCUT2D eigenvalue weighted by Gasteiger charge is 2.54. The molecule has 0 saturated carbocycles. The second-order valence-corrected chi connectivity index (χ2v) is 8.00. The summed E-state index contributed by atoms with van der Waals surface area (Å²) in [5.41, 5.74) is 0.658. The summed E-state index contributed by atoms with van der Waals surface area (Å²) in [6.45, 7) is 10.5. The normalized spacial score (nSPS) is 25.3. The summed E-state index contributed by atoms with van der Waals surface area (Å²) in [5, 5.41) is 2.55. The van der Waals surface area contributed by atoms with Crippen LogP contribution in [0.4, 0.5) is 10.1 Å². The third kappa shape index (κ3) is 2.97. The first kappa shape index (κ1) is 17.4. The number of benzene rings is 1. The molecular formula is C18H25BFNO3. The summed E-state index contributed by atoms with van der Waals surface area (Å²) in [6, 6.07) is 3.21. The van der Waals surface area contributed by atoms with Crippen molar-refractivity contribution < 1.29 is 18.5 Å². The van der Waals surface area contributed by atoms with Crippen LogP contribution in [0, 0.1) is 11.7 Å². The van der Waals surface area contributed by atoms with Gasteiger partial charge >= 0.3 is 7.12 Å². The van der Waals surface area contributed by atoms with Crippen LogP contribution in [0.5, 0.6) is 0 Å². The molecule has 2 aliphatic rings. The van der Waals surface area contributed by atoms with E-state index in [-0.39, 0.29) is 18.0 Å². The molecule has 0 aromatic heterocycles. The zero-order valence-corrected chi connectivity index (χ0v) is 15.0. The first-order valence-corrected chi connectivity index (χ1v) is 8.59. The Kier molecular flexibility index (Phi) is 4.25. The Morgan fingerprint density at radius 3 is 2.67 bits per heavy atom. The number of rotatable bonds is 4. The summed E-state index contributed by atoms with van der Waals surface area (Å²) in [7, 11) is -0.618. The van der Waals surface area contributed by atoms with Gasteiger partial charge in [-0.05, 0) is 56.6 Å². The first-order valence-electron chi connectivity index (χ1n) is 8.59. The minimum atomic E-state index is -0.618. The summed E-state index contributed by atoms with van der Waals surface area (Å²) >= 11 is 0. The number of nitrogens with one attached hydrogen (secondary N) is 1. The molecule has 0 bridgehead atoms. The maximum absolute atomic E-state index is 14.3. The number of amides is 1. The van der Waals surface area contributed by atoms with E-state index >= 15 is 0 Å². The number of hydrogen-bond donors (Lipinski definition) is 1. The number of halogens is 1. The van der Waals surface area contributed by atoms with E-state index in [1.165, 1.54) is 6.07 Å². The van der Waals surface area contributed by atoms with Crippen LogP contribution in [0.3, 0.4) is 0 Å². The molecule has 1 fully saturated rings. The molecule has 1 unspecified atom stereocenters. The van der Waals surface area contributed by atoms with Crippen molar-refractivity contribution >= 4 is 24.2 Å². The van der Waals surface area contributed by atoms with Gasteiger partial charge in [0.05, 0.1) is 23.3 Å². The highest BCUT2D eigenvalue weighted by atomic mass is 19.1. The fourth-order valence-electron chi connectivity index (χ4n) is 3.31. The van der Waals surface area contributed by atoms with Gasteiger partial charge in [0.2, 0.25) is 5.91 Å². The maximum atomic E-state index is 14.3. The quantitative estimate of drug-likeness (QED) is 0.862. The first-order chi connectivity index (χ1) is 11.1. The van der Waals surface area contributed by atoms with E-state index in [2.05, 4.69) is 26.1 Å². The Morgan fingerprint density at radius 1 is 1.29 bits per heavy atom. The molecule has 2 aliphatic heterocycles. The van der Waals surface area contributed by atoms with Gasteiger partial charge in [0.25, 0.3) is 0 Å². The molecule has 0 spiro atoms. The SMILES string of the molecule is CC(C)CCC1(C)OB(c2cc(F)c3c(c2)CC(=O)N3)OC1(C)C. The Bertz CT molecular complexity index is 676. The molecule has 2 heterocycles. The van der Waals surface area contributed by atoms with E-state index in [9.17, 15) is 9.18 Å². The highest BCUT2D eigenvalue weighted by Crippen LogP contribution is 2.41. The molecule has 1 saturated heterocycles. The van der Waals surface area contributed by atoms with Crippen LogP contribution in [0.25, 0.3) is 0 Å². The Balaban J connectivity index is 1.86. The minimum Gasteiger partial charge on any atom is -0.399 e. The van der Waals surface area contributed by atoms with Gasteiger partial charge in [-0.3, -0.25) is 4.79 Å². The molecular weight excluding hydrogens is 308 g/mol. The van der Waals surface area contributed by atoms with E-state index < -0.39 is 24.1 Å². The summed E-state index contributed by atoms with van der Waals surface area (Å²) in [5.74, 6) is -0.0413. The summed E-state index contributed by atoms with van der Waals surface area (Å²) in [6.07, 6.45) is 2.11. The monoisotopic (exact) mass is 333 g/mol. The Labute approximate surface area is 143 Å². The molecule has 4 nitrogen and oxygen atoms in total. The van der Waals surface area contributed by atoms with E-state index in [1.54, 1.807) is 0 Å². The van der Waals surface area contributed by atoms with Gasteiger partial charge in [-0.1, -0.05) is 19.9 Å². The molecule has 1 aromatic rings. The summed E-state index contributed by atoms with van der Waals surface area (Å²) < 4.78 is 26.7. The van der Waals surface area contributed by atoms with Gasteiger partial charge < -0.3 is 14.6 Å². The molecule has 6 heteroatoms. The second kappa shape index (κ2) is 5.85. The number of carbonyl (C=O) groups is 1. The molecule has 1 aromatic carbocycles. The molecule has 24 heavy (non-hydrogen) atoms. The standard InChI is InChI=1S/C18H25BFNO3/c1-11(2)6-7-18(5)17(3,4)23-19(24-18)13-8-12-9-15(22)21-16(12)14(20)10-13/h8,10-11H,6-7,9H2,1-5H3,(H,21,22). The third-order valence-electron chi connectivity index (χ3n) is 5.32. The van der Waals surface area contributed by atoms with Crippen LogP contribution in [0.1, 0.15) is 53.0 Å². The topological polar surface area (TPSA) is 47.6 Å². The van der Waals surface area contributed by atoms with E-state index in [0.29, 0.717) is 16.9 Å². The van der Waals surface area contributed by atoms with Crippen molar-refractivity contribution in [2.75, 3.05) is 5.32 Å². The van der Waals surface area contributed by atoms with Crippen molar-refractivity contribution in [1.29, 1.82) is 0 Å². The summed E-state index contributed by atoms with van der Waals surface area (Å²) in [4.78, 5) is 11.5. The average molecular weight is 333 g/mol. The van der Waals surface area contributed by atoms with Crippen LogP contribution in [0.2, 0.25) is 0 Å². The van der Waals surface area contributed by atoms with Gasteiger partial charge in [-0.25, -0.2) is 4.39 Å². The predicted octanol–water partition coefficient (Wildman–Crippen LogP) is 3.04. The molecule has 0 radical (unpaired) electrons. The van der Waals surface area contributed by atoms with Gasteiger partial charge in [0.1, 0.15) is 5.82 Å². The van der Waals surface area contributed by atoms with E-state index in [1.807, 2.05) is 19.9 Å². The number of fused-ring (bicyclic) bond motifs is 1. The van der Waals surface area contributed by atoms with Gasteiger partial charge in [-0.2, -0.15) is 0 Å². The third-order valence-corrected chi connectivity index (χ3v) is 5.32. The Hall–Kier alpha value is -1.40. The Morgan fingerprint density at radius 2 is 2.00 bits per heavy atom. The predicted molar refractivity (Wildman–Crippen MR) is 92.8 cm³/mol. The van der Waals surface area contributed by atoms with Crippen LogP contribution in [0.15, 0.2) is 12.1 Å². The minimum absolute atomic E-state index is 0.184. The lowest BCUT2D eigenvalue weighted by Gasteiger charge is -2.37. The van der Waals surface area contributed by atoms with Crippen molar-refractivity contribution in [1.82, 2.24) is 0 Å². The van der Waals surface area contributed by atoms with Crippen LogP contribution in [-0.2, 0) is 20.5 Å². The maximum Gasteiger partial charge on any atom is 0.494 e. The number of anilines is 1. The highest BCUT2D eigenvalue weighted by molar-refractivity contribution is 6.62. The van der Waals surface area contributed by atoms with Crippen LogP contribution >= 0.6 is 0 Å².